The van der Waals surface area contributed by atoms with E-state index >= 15 is 0 Å². The Morgan fingerprint density at radius 2 is 1.90 bits per heavy atom. The number of carbonyl (C=O) groups is 1. The molecule has 0 spiro atoms. The van der Waals surface area contributed by atoms with Gasteiger partial charge >= 0.3 is 0 Å². The molecule has 1 amide bonds. The smallest absolute Gasteiger partial charge is 0.220 e. The van der Waals surface area contributed by atoms with Crippen LogP contribution in [0.5, 0.6) is 0 Å². The molecule has 5 nitrogen and oxygen atoms in total. The van der Waals surface area contributed by atoms with Crippen molar-refractivity contribution in [1.82, 2.24) is 20.2 Å². The number of nitrogens with one attached hydrogen (secondary N) is 2. The van der Waals surface area contributed by atoms with Gasteiger partial charge in [-0.05, 0) is 48.7 Å². The normalized spacial score (nSPS) is 19.2. The fourth-order valence-electron chi connectivity index (χ4n) is 3.76. The van der Waals surface area contributed by atoms with Crippen molar-refractivity contribution in [3.8, 4) is 5.69 Å². The van der Waals surface area contributed by atoms with E-state index in [-0.39, 0.29) is 11.9 Å². The third kappa shape index (κ3) is 4.35. The van der Waals surface area contributed by atoms with E-state index in [0.717, 1.165) is 23.1 Å². The minimum absolute atomic E-state index is 0.113. The van der Waals surface area contributed by atoms with Crippen molar-refractivity contribution in [3.63, 3.8) is 0 Å². The van der Waals surface area contributed by atoms with Crippen molar-refractivity contribution in [2.75, 3.05) is 0 Å². The molecule has 2 heterocycles. The molecule has 29 heavy (non-hydrogen) atoms. The lowest BCUT2D eigenvalue weighted by atomic mass is 9.91. The number of amides is 1. The summed E-state index contributed by atoms with van der Waals surface area (Å²) in [5.41, 5.74) is 2.54. The maximum absolute atomic E-state index is 13.7. The van der Waals surface area contributed by atoms with Gasteiger partial charge in [-0.2, -0.15) is 0 Å². The topological polar surface area (TPSA) is 59.0 Å². The van der Waals surface area contributed by atoms with Gasteiger partial charge in [-0.1, -0.05) is 12.1 Å². The van der Waals surface area contributed by atoms with Gasteiger partial charge in [-0.15, -0.1) is 0 Å². The molecule has 0 radical (unpaired) electrons. The van der Waals surface area contributed by atoms with Gasteiger partial charge < -0.3 is 15.2 Å². The Morgan fingerprint density at radius 1 is 1.17 bits per heavy atom. The first-order valence-corrected chi connectivity index (χ1v) is 9.57. The van der Waals surface area contributed by atoms with E-state index in [1.165, 1.54) is 12.1 Å². The highest BCUT2D eigenvalue weighted by atomic mass is 19.1. The Hall–Kier alpha value is -3.06. The Labute approximate surface area is 167 Å². The summed E-state index contributed by atoms with van der Waals surface area (Å²) in [6, 6.07) is 10.9. The summed E-state index contributed by atoms with van der Waals surface area (Å²) in [5, 5.41) is 6.30. The predicted molar refractivity (Wildman–Crippen MR) is 105 cm³/mol. The zero-order chi connectivity index (χ0) is 20.4. The zero-order valence-corrected chi connectivity index (χ0v) is 16.0. The predicted octanol–water partition coefficient (Wildman–Crippen LogP) is 3.57. The standard InChI is InChI=1S/C22H22F2N4O/c1-14-25-8-9-28(14)19-4-2-15(3-5-19)13-26-20-6-7-21(29)27-22(20)16-10-17(23)12-18(24)11-16/h2-5,8-12,20,22,26H,6-7,13H2,1H3,(H,27,29)/t20-,22+/m1/s1. The van der Waals surface area contributed by atoms with Crippen LogP contribution in [0.1, 0.15) is 35.8 Å². The number of aromatic nitrogens is 2. The Bertz CT molecular complexity index is 996. The molecule has 1 aliphatic rings. The molecular formula is C22H22F2N4O. The summed E-state index contributed by atoms with van der Waals surface area (Å²) < 4.78 is 29.3. The van der Waals surface area contributed by atoms with Crippen LogP contribution in [0, 0.1) is 18.6 Å². The van der Waals surface area contributed by atoms with Crippen molar-refractivity contribution in [2.24, 2.45) is 0 Å². The summed E-state index contributed by atoms with van der Waals surface area (Å²) in [7, 11) is 0. The van der Waals surface area contributed by atoms with E-state index in [1.807, 2.05) is 42.0 Å². The lowest BCUT2D eigenvalue weighted by Gasteiger charge is -2.33. The van der Waals surface area contributed by atoms with Crippen molar-refractivity contribution in [1.29, 1.82) is 0 Å². The van der Waals surface area contributed by atoms with E-state index < -0.39 is 17.7 Å². The molecule has 0 aliphatic carbocycles. The Kier molecular flexibility index (Phi) is 5.40. The molecule has 0 unspecified atom stereocenters. The molecule has 2 atom stereocenters. The summed E-state index contributed by atoms with van der Waals surface area (Å²) in [6.45, 7) is 2.53. The van der Waals surface area contributed by atoms with Crippen molar-refractivity contribution >= 4 is 5.91 Å². The number of nitrogens with zero attached hydrogens (tertiary/aromatic N) is 2. The summed E-state index contributed by atoms with van der Waals surface area (Å²) in [6.07, 6.45) is 4.65. The first-order valence-electron chi connectivity index (χ1n) is 9.57. The minimum atomic E-state index is -0.649. The molecule has 0 bridgehead atoms. The van der Waals surface area contributed by atoms with E-state index in [4.69, 9.17) is 0 Å². The third-order valence-corrected chi connectivity index (χ3v) is 5.25. The van der Waals surface area contributed by atoms with E-state index in [0.29, 0.717) is 24.9 Å². The molecular weight excluding hydrogens is 374 g/mol. The largest absolute Gasteiger partial charge is 0.348 e. The highest BCUT2D eigenvalue weighted by molar-refractivity contribution is 5.77. The molecule has 1 aromatic heterocycles. The summed E-state index contributed by atoms with van der Waals surface area (Å²) in [5.74, 6) is -0.496. The molecule has 3 aromatic rings. The fourth-order valence-corrected chi connectivity index (χ4v) is 3.76. The zero-order valence-electron chi connectivity index (χ0n) is 16.0. The molecule has 0 saturated carbocycles. The fraction of sp³-hybridized carbons (Fsp3) is 0.273. The molecule has 7 heteroatoms. The van der Waals surface area contributed by atoms with E-state index in [2.05, 4.69) is 15.6 Å². The first-order chi connectivity index (χ1) is 14.0. The van der Waals surface area contributed by atoms with Crippen molar-refractivity contribution in [3.05, 3.63) is 83.4 Å². The second kappa shape index (κ2) is 8.13. The maximum atomic E-state index is 13.7. The number of benzene rings is 2. The molecule has 2 N–H and O–H groups in total. The van der Waals surface area contributed by atoms with Crippen molar-refractivity contribution in [2.45, 2.75) is 38.4 Å². The number of imidazole rings is 1. The quantitative estimate of drug-likeness (QED) is 0.693. The summed E-state index contributed by atoms with van der Waals surface area (Å²) in [4.78, 5) is 16.1. The van der Waals surface area contributed by atoms with Gasteiger partial charge in [0.2, 0.25) is 5.91 Å². The molecule has 1 fully saturated rings. The number of hydrogen-bond acceptors (Lipinski definition) is 3. The molecule has 150 valence electrons. The van der Waals surface area contributed by atoms with Crippen LogP contribution in [0.2, 0.25) is 0 Å². The lowest BCUT2D eigenvalue weighted by Crippen LogP contribution is -2.48. The highest BCUT2D eigenvalue weighted by Gasteiger charge is 2.30. The number of carbonyl (C=O) groups excluding carboxylic acids is 1. The third-order valence-electron chi connectivity index (χ3n) is 5.25. The van der Waals surface area contributed by atoms with Crippen LogP contribution in [-0.2, 0) is 11.3 Å². The second-order valence-electron chi connectivity index (χ2n) is 7.28. The number of piperidine rings is 1. The Balaban J connectivity index is 1.47. The van der Waals surface area contributed by atoms with Gasteiger partial charge in [0.15, 0.2) is 0 Å². The first kappa shape index (κ1) is 19.3. The van der Waals surface area contributed by atoms with E-state index in [1.54, 1.807) is 6.20 Å². The summed E-state index contributed by atoms with van der Waals surface area (Å²) >= 11 is 0. The highest BCUT2D eigenvalue weighted by Crippen LogP contribution is 2.26. The van der Waals surface area contributed by atoms with Gasteiger partial charge in [-0.3, -0.25) is 4.79 Å². The van der Waals surface area contributed by atoms with Gasteiger partial charge in [0.25, 0.3) is 0 Å². The van der Waals surface area contributed by atoms with Gasteiger partial charge in [0.05, 0.1) is 6.04 Å². The van der Waals surface area contributed by atoms with Crippen LogP contribution >= 0.6 is 0 Å². The molecule has 1 saturated heterocycles. The molecule has 1 aliphatic heterocycles. The van der Waals surface area contributed by atoms with Crippen LogP contribution in [0.4, 0.5) is 8.78 Å². The van der Waals surface area contributed by atoms with Gasteiger partial charge in [0.1, 0.15) is 17.5 Å². The van der Waals surface area contributed by atoms with E-state index in [9.17, 15) is 13.6 Å². The number of hydrogen-bond donors (Lipinski definition) is 2. The van der Waals surface area contributed by atoms with Crippen LogP contribution < -0.4 is 10.6 Å². The second-order valence-corrected chi connectivity index (χ2v) is 7.28. The average molecular weight is 396 g/mol. The van der Waals surface area contributed by atoms with Gasteiger partial charge in [-0.25, -0.2) is 13.8 Å². The SMILES string of the molecule is Cc1nccn1-c1ccc(CN[C@@H]2CCC(=O)N[C@H]2c2cc(F)cc(F)c2)cc1. The number of rotatable bonds is 5. The average Bonchev–Trinajstić information content (AvgIpc) is 3.12. The molecule has 2 aromatic carbocycles. The minimum Gasteiger partial charge on any atom is -0.348 e. The van der Waals surface area contributed by atoms with Crippen LogP contribution in [0.25, 0.3) is 5.69 Å². The van der Waals surface area contributed by atoms with Crippen LogP contribution in [0.3, 0.4) is 0 Å². The number of halogens is 2. The Morgan fingerprint density at radius 3 is 2.55 bits per heavy atom. The maximum Gasteiger partial charge on any atom is 0.220 e. The van der Waals surface area contributed by atoms with Crippen molar-refractivity contribution < 1.29 is 13.6 Å². The van der Waals surface area contributed by atoms with Crippen LogP contribution in [0.15, 0.2) is 54.9 Å². The monoisotopic (exact) mass is 396 g/mol. The number of aryl methyl sites for hydroxylation is 1. The lowest BCUT2D eigenvalue weighted by molar-refractivity contribution is -0.123. The van der Waals surface area contributed by atoms with Crippen LogP contribution in [-0.4, -0.2) is 21.5 Å². The van der Waals surface area contributed by atoms with Gasteiger partial charge in [0, 0.05) is 43.2 Å². The molecule has 4 rings (SSSR count).